The van der Waals surface area contributed by atoms with E-state index in [1.165, 1.54) is 11.3 Å². The van der Waals surface area contributed by atoms with Crippen molar-refractivity contribution in [3.8, 4) is 0 Å². The molecule has 3 atom stereocenters. The van der Waals surface area contributed by atoms with Gasteiger partial charge in [-0.2, -0.15) is 0 Å². The van der Waals surface area contributed by atoms with E-state index in [1.807, 2.05) is 6.07 Å². The minimum atomic E-state index is -0.399. The third kappa shape index (κ3) is 4.91. The van der Waals surface area contributed by atoms with Gasteiger partial charge in [-0.1, -0.05) is 11.6 Å². The van der Waals surface area contributed by atoms with E-state index in [0.717, 1.165) is 41.0 Å². The number of hydrogen-bond acceptors (Lipinski definition) is 6. The van der Waals surface area contributed by atoms with Crippen LogP contribution in [0.25, 0.3) is 10.9 Å². The molecule has 1 aliphatic carbocycles. The number of thiazole rings is 1. The summed E-state index contributed by atoms with van der Waals surface area (Å²) in [5.74, 6) is -0.981. The van der Waals surface area contributed by atoms with E-state index in [0.29, 0.717) is 28.6 Å². The maximum Gasteiger partial charge on any atom is 0.280 e. The van der Waals surface area contributed by atoms with Crippen LogP contribution in [0.2, 0.25) is 5.02 Å². The minimum absolute atomic E-state index is 0.103. The molecule has 1 unspecified atom stereocenters. The molecule has 0 saturated heterocycles. The van der Waals surface area contributed by atoms with Crippen molar-refractivity contribution in [2.45, 2.75) is 37.9 Å². The van der Waals surface area contributed by atoms with Crippen LogP contribution in [0, 0.1) is 5.92 Å². The number of aromatic amines is 1. The fourth-order valence-electron chi connectivity index (χ4n) is 4.90. The number of fused-ring (bicyclic) bond motifs is 2. The first kappa shape index (κ1) is 23.8. The van der Waals surface area contributed by atoms with E-state index in [9.17, 15) is 14.4 Å². The first-order valence-electron chi connectivity index (χ1n) is 11.6. The number of aromatic nitrogens is 2. The summed E-state index contributed by atoms with van der Waals surface area (Å²) in [5, 5.41) is 10.6. The van der Waals surface area contributed by atoms with Gasteiger partial charge < -0.3 is 25.8 Å². The van der Waals surface area contributed by atoms with E-state index in [4.69, 9.17) is 11.6 Å². The van der Waals surface area contributed by atoms with Crippen LogP contribution < -0.4 is 16.0 Å². The summed E-state index contributed by atoms with van der Waals surface area (Å²) in [6.07, 6.45) is 1.69. The normalized spacial score (nSPS) is 22.1. The Balaban J connectivity index is 1.32. The molecule has 35 heavy (non-hydrogen) atoms. The number of benzene rings is 1. The van der Waals surface area contributed by atoms with Crippen LogP contribution in [0.4, 0.5) is 0 Å². The van der Waals surface area contributed by atoms with E-state index in [2.05, 4.69) is 37.9 Å². The van der Waals surface area contributed by atoms with Crippen molar-refractivity contribution in [1.29, 1.82) is 0 Å². The lowest BCUT2D eigenvalue weighted by atomic mass is 10.1. The molecule has 0 bridgehead atoms. The molecule has 2 aromatic heterocycles. The number of hydrogen-bond donors (Lipinski definition) is 4. The van der Waals surface area contributed by atoms with Crippen LogP contribution in [-0.2, 0) is 17.8 Å². The van der Waals surface area contributed by atoms with Crippen molar-refractivity contribution in [1.82, 2.24) is 30.8 Å². The van der Waals surface area contributed by atoms with Gasteiger partial charge >= 0.3 is 0 Å². The first-order chi connectivity index (χ1) is 16.8. The molecule has 1 saturated carbocycles. The molecule has 3 aromatic rings. The Labute approximate surface area is 211 Å². The molecule has 4 N–H and O–H groups in total. The molecule has 3 amide bonds. The van der Waals surface area contributed by atoms with Crippen LogP contribution in [0.5, 0.6) is 0 Å². The number of rotatable bonds is 5. The number of nitrogens with zero attached hydrogens (tertiary/aromatic N) is 2. The second kappa shape index (κ2) is 9.60. The predicted octanol–water partition coefficient (Wildman–Crippen LogP) is 2.32. The van der Waals surface area contributed by atoms with Crippen LogP contribution >= 0.6 is 22.9 Å². The summed E-state index contributed by atoms with van der Waals surface area (Å²) < 4.78 is 0. The molecule has 5 rings (SSSR count). The van der Waals surface area contributed by atoms with Gasteiger partial charge in [0.2, 0.25) is 5.91 Å². The van der Waals surface area contributed by atoms with Gasteiger partial charge in [-0.25, -0.2) is 4.98 Å². The van der Waals surface area contributed by atoms with Gasteiger partial charge in [-0.3, -0.25) is 14.4 Å². The van der Waals surface area contributed by atoms with Crippen LogP contribution in [0.1, 0.15) is 43.7 Å². The zero-order chi connectivity index (χ0) is 24.7. The third-order valence-corrected chi connectivity index (χ3v) is 8.07. The molecule has 2 aliphatic rings. The van der Waals surface area contributed by atoms with E-state index in [1.54, 1.807) is 25.2 Å². The van der Waals surface area contributed by atoms with Gasteiger partial charge in [-0.15, -0.1) is 11.3 Å². The van der Waals surface area contributed by atoms with Gasteiger partial charge in [0.15, 0.2) is 5.01 Å². The molecule has 3 heterocycles. The van der Waals surface area contributed by atoms with Crippen molar-refractivity contribution in [2.75, 3.05) is 20.6 Å². The summed E-state index contributed by atoms with van der Waals surface area (Å²) in [6.45, 7) is 1.71. The summed E-state index contributed by atoms with van der Waals surface area (Å²) >= 11 is 7.47. The number of likely N-dealkylation sites (N-methyl/N-ethyl adjacent to an activating group) is 1. The van der Waals surface area contributed by atoms with Gasteiger partial charge in [0.1, 0.15) is 5.69 Å². The summed E-state index contributed by atoms with van der Waals surface area (Å²) in [4.78, 5) is 49.5. The summed E-state index contributed by atoms with van der Waals surface area (Å²) in [6, 6.07) is 6.32. The Morgan fingerprint density at radius 1 is 1.14 bits per heavy atom. The van der Waals surface area contributed by atoms with Crippen LogP contribution in [0.15, 0.2) is 24.3 Å². The average molecular weight is 515 g/mol. The fourth-order valence-corrected chi connectivity index (χ4v) is 6.17. The van der Waals surface area contributed by atoms with Crippen molar-refractivity contribution in [2.24, 2.45) is 5.92 Å². The van der Waals surface area contributed by atoms with Gasteiger partial charge in [0, 0.05) is 53.3 Å². The molecule has 0 radical (unpaired) electrons. The van der Waals surface area contributed by atoms with Gasteiger partial charge in [0.05, 0.1) is 17.8 Å². The van der Waals surface area contributed by atoms with Gasteiger partial charge in [-0.05, 0) is 44.2 Å². The second-order valence-electron chi connectivity index (χ2n) is 9.23. The highest BCUT2D eigenvalue weighted by Gasteiger charge is 2.40. The average Bonchev–Trinajstić information content (AvgIpc) is 3.54. The topological polar surface area (TPSA) is 119 Å². The van der Waals surface area contributed by atoms with Crippen molar-refractivity contribution >= 4 is 51.6 Å². The standard InChI is InChI=1S/C24H27ClN6O3S/c1-26-21(32)13-9-17(28-22(33)19-8-12-7-14(25)3-4-15(12)27-19)18(10-13)29-23(34)24-30-16-5-6-31(2)11-20(16)35-24/h3-4,7-8,13,17-18,27H,5-6,9-11H2,1-2H3,(H,26,32)(H,28,33)(H,29,34)/t13?,17-,18-/m1/s1. The van der Waals surface area contributed by atoms with Crippen molar-refractivity contribution < 1.29 is 14.4 Å². The maximum atomic E-state index is 13.1. The Bertz CT molecular complexity index is 1300. The first-order valence-corrected chi connectivity index (χ1v) is 12.8. The zero-order valence-corrected chi connectivity index (χ0v) is 21.1. The molecule has 1 aliphatic heterocycles. The predicted molar refractivity (Wildman–Crippen MR) is 135 cm³/mol. The Morgan fingerprint density at radius 3 is 2.63 bits per heavy atom. The van der Waals surface area contributed by atoms with E-state index in [-0.39, 0.29) is 23.6 Å². The lowest BCUT2D eigenvalue weighted by Crippen LogP contribution is -2.48. The smallest absolute Gasteiger partial charge is 0.280 e. The van der Waals surface area contributed by atoms with Crippen molar-refractivity contribution in [3.05, 3.63) is 50.6 Å². The number of carbonyl (C=O) groups is 3. The molecule has 1 fully saturated rings. The van der Waals surface area contributed by atoms with E-state index < -0.39 is 12.1 Å². The fraction of sp³-hybridized carbons (Fsp3) is 0.417. The lowest BCUT2D eigenvalue weighted by molar-refractivity contribution is -0.124. The highest BCUT2D eigenvalue weighted by Crippen LogP contribution is 2.29. The molecule has 9 nitrogen and oxygen atoms in total. The summed E-state index contributed by atoms with van der Waals surface area (Å²) in [7, 11) is 3.64. The van der Waals surface area contributed by atoms with Gasteiger partial charge in [0.25, 0.3) is 11.8 Å². The maximum absolute atomic E-state index is 13.1. The number of carbonyl (C=O) groups excluding carboxylic acids is 3. The molecular formula is C24H27ClN6O3S. The minimum Gasteiger partial charge on any atom is -0.359 e. The zero-order valence-electron chi connectivity index (χ0n) is 19.5. The van der Waals surface area contributed by atoms with Crippen LogP contribution in [-0.4, -0.2) is 65.3 Å². The monoisotopic (exact) mass is 514 g/mol. The molecule has 184 valence electrons. The number of nitrogens with one attached hydrogen (secondary N) is 4. The SMILES string of the molecule is CNC(=O)C1C[C@@H](NC(=O)c2cc3cc(Cl)ccc3[nH]2)[C@H](NC(=O)c2nc3c(s2)CN(C)CC3)C1. The van der Waals surface area contributed by atoms with Crippen LogP contribution in [0.3, 0.4) is 0 Å². The van der Waals surface area contributed by atoms with Crippen molar-refractivity contribution in [3.63, 3.8) is 0 Å². The summed E-state index contributed by atoms with van der Waals surface area (Å²) in [5.41, 5.74) is 2.18. The molecular weight excluding hydrogens is 488 g/mol. The number of amides is 3. The number of H-pyrrole nitrogens is 1. The molecule has 11 heteroatoms. The Kier molecular flexibility index (Phi) is 6.52. The highest BCUT2D eigenvalue weighted by molar-refractivity contribution is 7.13. The lowest BCUT2D eigenvalue weighted by Gasteiger charge is -2.21. The van der Waals surface area contributed by atoms with E-state index >= 15 is 0 Å². The quantitative estimate of drug-likeness (QED) is 0.416. The Hall–Kier alpha value is -2.95. The molecule has 0 spiro atoms. The second-order valence-corrected chi connectivity index (χ2v) is 10.8. The third-order valence-electron chi connectivity index (χ3n) is 6.76. The Morgan fingerprint density at radius 2 is 1.89 bits per heavy atom. The largest absolute Gasteiger partial charge is 0.359 e. The number of halogens is 1. The highest BCUT2D eigenvalue weighted by atomic mass is 35.5. The molecule has 1 aromatic carbocycles.